The molecule has 24 heavy (non-hydrogen) atoms. The molecule has 3 nitrogen and oxygen atoms in total. The minimum absolute atomic E-state index is 0.0867. The summed E-state index contributed by atoms with van der Waals surface area (Å²) in [5.74, 6) is 0.261. The van der Waals surface area contributed by atoms with Crippen molar-refractivity contribution in [3.8, 4) is 5.75 Å². The summed E-state index contributed by atoms with van der Waals surface area (Å²) < 4.78 is 0. The van der Waals surface area contributed by atoms with E-state index in [4.69, 9.17) is 5.11 Å². The zero-order valence-corrected chi connectivity index (χ0v) is 14.8. The lowest BCUT2D eigenvalue weighted by atomic mass is 9.93. The largest absolute Gasteiger partial charge is 0.508 e. The second-order valence-corrected chi connectivity index (χ2v) is 6.00. The number of phenolic OH excluding ortho intramolecular Hbond substituents is 1. The number of aliphatic hydroxyl groups is 2. The highest BCUT2D eigenvalue weighted by Crippen LogP contribution is 2.24. The first kappa shape index (κ1) is 20.2. The second kappa shape index (κ2) is 10.8. The van der Waals surface area contributed by atoms with E-state index in [1.54, 1.807) is 18.2 Å². The van der Waals surface area contributed by atoms with Crippen LogP contribution in [0, 0.1) is 0 Å². The summed E-state index contributed by atoms with van der Waals surface area (Å²) in [6.45, 7) is 8.02. The molecule has 0 aromatic heterocycles. The summed E-state index contributed by atoms with van der Waals surface area (Å²) in [7, 11) is 0. The predicted molar refractivity (Wildman–Crippen MR) is 101 cm³/mol. The van der Waals surface area contributed by atoms with Gasteiger partial charge in [0, 0.05) is 0 Å². The van der Waals surface area contributed by atoms with E-state index in [-0.39, 0.29) is 12.4 Å². The Morgan fingerprint density at radius 1 is 1.17 bits per heavy atom. The molecule has 0 aliphatic rings. The van der Waals surface area contributed by atoms with Crippen LogP contribution in [0.1, 0.15) is 51.5 Å². The quantitative estimate of drug-likeness (QED) is 0.549. The molecule has 0 aliphatic carbocycles. The number of hydrogen-bond donors (Lipinski definition) is 3. The van der Waals surface area contributed by atoms with Crippen molar-refractivity contribution in [1.82, 2.24) is 0 Å². The molecule has 1 unspecified atom stereocenters. The molecule has 0 heterocycles. The molecule has 1 atom stereocenters. The first-order valence-electron chi connectivity index (χ1n) is 8.67. The normalized spacial score (nSPS) is 13.8. The maximum absolute atomic E-state index is 10.5. The Morgan fingerprint density at radius 2 is 1.83 bits per heavy atom. The van der Waals surface area contributed by atoms with Crippen LogP contribution in [0.2, 0.25) is 0 Å². The fourth-order valence-corrected chi connectivity index (χ4v) is 2.69. The third kappa shape index (κ3) is 6.73. The van der Waals surface area contributed by atoms with Gasteiger partial charge in [0.05, 0.1) is 12.7 Å². The fourth-order valence-electron chi connectivity index (χ4n) is 2.69. The molecule has 3 heteroatoms. The van der Waals surface area contributed by atoms with E-state index in [0.717, 1.165) is 42.4 Å². The molecule has 1 rings (SSSR count). The molecule has 0 saturated carbocycles. The van der Waals surface area contributed by atoms with E-state index in [1.807, 2.05) is 19.1 Å². The Morgan fingerprint density at radius 3 is 2.38 bits per heavy atom. The molecule has 1 aromatic carbocycles. The van der Waals surface area contributed by atoms with Gasteiger partial charge in [0.2, 0.25) is 0 Å². The zero-order valence-electron chi connectivity index (χ0n) is 14.8. The third-order valence-electron chi connectivity index (χ3n) is 4.08. The van der Waals surface area contributed by atoms with E-state index in [9.17, 15) is 10.2 Å². The highest BCUT2D eigenvalue weighted by molar-refractivity contribution is 5.53. The van der Waals surface area contributed by atoms with Crippen LogP contribution in [0.4, 0.5) is 0 Å². The number of benzene rings is 1. The van der Waals surface area contributed by atoms with Gasteiger partial charge in [-0.2, -0.15) is 0 Å². The van der Waals surface area contributed by atoms with Gasteiger partial charge >= 0.3 is 0 Å². The first-order chi connectivity index (χ1) is 11.5. The molecule has 0 bridgehead atoms. The molecule has 1 aromatic rings. The smallest absolute Gasteiger partial charge is 0.115 e. The molecule has 132 valence electrons. The average molecular weight is 330 g/mol. The summed E-state index contributed by atoms with van der Waals surface area (Å²) in [6.07, 6.45) is 7.34. The van der Waals surface area contributed by atoms with E-state index in [0.29, 0.717) is 6.42 Å². The van der Waals surface area contributed by atoms with E-state index in [2.05, 4.69) is 19.6 Å². The molecule has 3 N–H and O–H groups in total. The molecule has 0 aliphatic heterocycles. The Bertz CT molecular complexity index is 567. The highest BCUT2D eigenvalue weighted by Gasteiger charge is 2.13. The van der Waals surface area contributed by atoms with Crippen LogP contribution in [0.25, 0.3) is 6.08 Å². The SMILES string of the molecule is C=C(CC)/C(=C/CO)C(O)CC/C(=C/c1ccc(O)cc1)CCC. The van der Waals surface area contributed by atoms with E-state index in [1.165, 1.54) is 5.57 Å². The number of allylic oxidation sites excluding steroid dienone is 1. The lowest BCUT2D eigenvalue weighted by molar-refractivity contribution is 0.200. The van der Waals surface area contributed by atoms with Crippen LogP contribution >= 0.6 is 0 Å². The standard InChI is InChI=1S/C21H30O3/c1-4-6-17(15-18-7-10-19(23)11-8-18)9-12-21(24)20(13-14-22)16(3)5-2/h7-8,10-11,13,15,21-24H,3-6,9,12,14H2,1-2H3/b17-15+,20-13-. The monoisotopic (exact) mass is 330 g/mol. The van der Waals surface area contributed by atoms with Crippen LogP contribution in [0.3, 0.4) is 0 Å². The van der Waals surface area contributed by atoms with Gasteiger partial charge in [-0.15, -0.1) is 0 Å². The molecule has 0 saturated heterocycles. The summed E-state index contributed by atoms with van der Waals surface area (Å²) in [5.41, 5.74) is 3.94. The third-order valence-corrected chi connectivity index (χ3v) is 4.08. The van der Waals surface area contributed by atoms with Gasteiger partial charge in [-0.3, -0.25) is 0 Å². The summed E-state index contributed by atoms with van der Waals surface area (Å²) in [4.78, 5) is 0. The van der Waals surface area contributed by atoms with Crippen molar-refractivity contribution in [2.24, 2.45) is 0 Å². The summed E-state index contributed by atoms with van der Waals surface area (Å²) >= 11 is 0. The second-order valence-electron chi connectivity index (χ2n) is 6.00. The number of hydrogen-bond acceptors (Lipinski definition) is 3. The minimum Gasteiger partial charge on any atom is -0.508 e. The fraction of sp³-hybridized carbons (Fsp3) is 0.429. The van der Waals surface area contributed by atoms with Gasteiger partial charge in [0.1, 0.15) is 5.75 Å². The highest BCUT2D eigenvalue weighted by atomic mass is 16.3. The Labute approximate surface area is 145 Å². The minimum atomic E-state index is -0.607. The lowest BCUT2D eigenvalue weighted by Gasteiger charge is -2.17. The molecule has 0 fully saturated rings. The van der Waals surface area contributed by atoms with E-state index < -0.39 is 6.10 Å². The van der Waals surface area contributed by atoms with E-state index >= 15 is 0 Å². The molecule has 0 radical (unpaired) electrons. The van der Waals surface area contributed by atoms with Crippen molar-refractivity contribution < 1.29 is 15.3 Å². The van der Waals surface area contributed by atoms with Crippen molar-refractivity contribution in [2.45, 2.75) is 52.1 Å². The van der Waals surface area contributed by atoms with Crippen LogP contribution in [0.15, 0.2) is 53.6 Å². The van der Waals surface area contributed by atoms with Crippen molar-refractivity contribution >= 4 is 6.08 Å². The van der Waals surface area contributed by atoms with Gasteiger partial charge in [-0.25, -0.2) is 0 Å². The molecular weight excluding hydrogens is 300 g/mol. The number of aromatic hydroxyl groups is 1. The van der Waals surface area contributed by atoms with Gasteiger partial charge < -0.3 is 15.3 Å². The van der Waals surface area contributed by atoms with Crippen molar-refractivity contribution in [1.29, 1.82) is 0 Å². The van der Waals surface area contributed by atoms with Crippen LogP contribution in [-0.4, -0.2) is 28.0 Å². The first-order valence-corrected chi connectivity index (χ1v) is 8.67. The summed E-state index contributed by atoms with van der Waals surface area (Å²) in [5, 5.41) is 29.0. The Balaban J connectivity index is 2.79. The van der Waals surface area contributed by atoms with Crippen molar-refractivity contribution in [3.05, 3.63) is 59.2 Å². The number of aliphatic hydroxyl groups excluding tert-OH is 2. The lowest BCUT2D eigenvalue weighted by Crippen LogP contribution is -2.13. The van der Waals surface area contributed by atoms with Crippen LogP contribution in [0.5, 0.6) is 5.75 Å². The van der Waals surface area contributed by atoms with Crippen LogP contribution < -0.4 is 0 Å². The number of phenols is 1. The molecular formula is C21H30O3. The molecule has 0 spiro atoms. The average Bonchev–Trinajstić information content (AvgIpc) is 2.58. The van der Waals surface area contributed by atoms with Gasteiger partial charge in [-0.05, 0) is 54.5 Å². The molecule has 0 amide bonds. The van der Waals surface area contributed by atoms with Gasteiger partial charge in [-0.1, -0.05) is 56.7 Å². The van der Waals surface area contributed by atoms with Crippen molar-refractivity contribution in [3.63, 3.8) is 0 Å². The maximum Gasteiger partial charge on any atom is 0.115 e. The zero-order chi connectivity index (χ0) is 17.9. The van der Waals surface area contributed by atoms with Crippen molar-refractivity contribution in [2.75, 3.05) is 6.61 Å². The van der Waals surface area contributed by atoms with Gasteiger partial charge in [0.15, 0.2) is 0 Å². The van der Waals surface area contributed by atoms with Crippen LogP contribution in [-0.2, 0) is 0 Å². The summed E-state index contributed by atoms with van der Waals surface area (Å²) in [6, 6.07) is 7.13. The number of rotatable bonds is 10. The maximum atomic E-state index is 10.5. The Hall–Kier alpha value is -1.84. The topological polar surface area (TPSA) is 60.7 Å². The predicted octanol–water partition coefficient (Wildman–Crippen LogP) is 4.60. The Kier molecular flexibility index (Phi) is 9.13. The van der Waals surface area contributed by atoms with Gasteiger partial charge in [0.25, 0.3) is 0 Å².